The average molecular weight is 247 g/mol. The first-order valence-corrected chi connectivity index (χ1v) is 6.69. The minimum absolute atomic E-state index is 0.0267. The highest BCUT2D eigenvalue weighted by atomic mass is 32.2. The number of benzene rings is 1. The Morgan fingerprint density at radius 3 is 2.53 bits per heavy atom. The van der Waals surface area contributed by atoms with Gasteiger partial charge in [-0.05, 0) is 0 Å². The fourth-order valence-corrected chi connectivity index (χ4v) is 3.37. The molecule has 0 fully saturated rings. The summed E-state index contributed by atoms with van der Waals surface area (Å²) in [5, 5.41) is 7.51. The minimum Gasteiger partial charge on any atom is -0.292 e. The van der Waals surface area contributed by atoms with E-state index in [-0.39, 0.29) is 11.3 Å². The van der Waals surface area contributed by atoms with E-state index in [4.69, 9.17) is 5.26 Å². The van der Waals surface area contributed by atoms with Crippen molar-refractivity contribution in [3.63, 3.8) is 0 Å². The minimum atomic E-state index is -3.56. The van der Waals surface area contributed by atoms with Crippen LogP contribution in [-0.2, 0) is 9.84 Å². The molecule has 0 aliphatic carbocycles. The predicted octanol–water partition coefficient (Wildman–Crippen LogP) is 1.12. The average Bonchev–Trinajstić information content (AvgIpc) is 2.64. The lowest BCUT2D eigenvalue weighted by Crippen LogP contribution is -2.29. The third kappa shape index (κ3) is 1.99. The van der Waals surface area contributed by atoms with E-state index in [1.54, 1.807) is 36.4 Å². The molecule has 86 valence electrons. The number of ketones is 1. The molecule has 0 saturated carbocycles. The van der Waals surface area contributed by atoms with Crippen molar-refractivity contribution in [1.29, 1.82) is 5.26 Å². The highest BCUT2D eigenvalue weighted by Gasteiger charge is 2.40. The van der Waals surface area contributed by atoms with Crippen LogP contribution in [0.25, 0.3) is 0 Å². The number of rotatable bonds is 2. The highest BCUT2D eigenvalue weighted by Crippen LogP contribution is 2.24. The summed E-state index contributed by atoms with van der Waals surface area (Å²) in [6, 6.07) is 9.93. The van der Waals surface area contributed by atoms with Crippen LogP contribution in [0.3, 0.4) is 0 Å². The molecule has 0 radical (unpaired) electrons. The van der Waals surface area contributed by atoms with E-state index in [2.05, 4.69) is 0 Å². The summed E-state index contributed by atoms with van der Waals surface area (Å²) in [6.07, 6.45) is 1.31. The molecule has 17 heavy (non-hydrogen) atoms. The Morgan fingerprint density at radius 2 is 1.94 bits per heavy atom. The van der Waals surface area contributed by atoms with E-state index in [0.29, 0.717) is 5.56 Å². The number of hydrogen-bond donors (Lipinski definition) is 0. The zero-order valence-electron chi connectivity index (χ0n) is 8.83. The van der Waals surface area contributed by atoms with Gasteiger partial charge < -0.3 is 0 Å². The maximum Gasteiger partial charge on any atom is 0.186 e. The summed E-state index contributed by atoms with van der Waals surface area (Å²) in [6.45, 7) is 0. The third-order valence-electron chi connectivity index (χ3n) is 2.60. The van der Waals surface area contributed by atoms with E-state index in [1.165, 1.54) is 6.08 Å². The van der Waals surface area contributed by atoms with Crippen molar-refractivity contribution in [2.24, 2.45) is 0 Å². The van der Waals surface area contributed by atoms with Crippen LogP contribution in [0.1, 0.15) is 10.4 Å². The summed E-state index contributed by atoms with van der Waals surface area (Å²) in [5.74, 6) is -0.769. The molecule has 1 aliphatic rings. The molecule has 4 nitrogen and oxygen atoms in total. The topological polar surface area (TPSA) is 75.0 Å². The van der Waals surface area contributed by atoms with Gasteiger partial charge in [-0.15, -0.1) is 0 Å². The summed E-state index contributed by atoms with van der Waals surface area (Å²) >= 11 is 0. The van der Waals surface area contributed by atoms with Crippen molar-refractivity contribution in [3.05, 3.63) is 47.5 Å². The van der Waals surface area contributed by atoms with E-state index in [1.807, 2.05) is 0 Å². The van der Waals surface area contributed by atoms with Gasteiger partial charge in [0.05, 0.1) is 17.4 Å². The Hall–Kier alpha value is -1.93. The molecule has 1 unspecified atom stereocenters. The molecule has 0 amide bonds. The number of sulfone groups is 1. The Bertz CT molecular complexity index is 623. The Morgan fingerprint density at radius 1 is 1.29 bits per heavy atom. The summed E-state index contributed by atoms with van der Waals surface area (Å²) < 4.78 is 23.4. The molecule has 1 aromatic carbocycles. The van der Waals surface area contributed by atoms with Gasteiger partial charge in [0.1, 0.15) is 0 Å². The molecule has 0 N–H and O–H groups in total. The van der Waals surface area contributed by atoms with Crippen molar-refractivity contribution in [3.8, 4) is 6.07 Å². The zero-order chi connectivity index (χ0) is 12.5. The van der Waals surface area contributed by atoms with Gasteiger partial charge in [-0.2, -0.15) is 5.26 Å². The Kier molecular flexibility index (Phi) is 2.82. The van der Waals surface area contributed by atoms with Crippen molar-refractivity contribution in [2.45, 2.75) is 5.25 Å². The fraction of sp³-hybridized carbons (Fsp3) is 0.167. The van der Waals surface area contributed by atoms with Crippen LogP contribution in [0.15, 0.2) is 42.0 Å². The van der Waals surface area contributed by atoms with Gasteiger partial charge in [-0.25, -0.2) is 8.42 Å². The van der Waals surface area contributed by atoms with Gasteiger partial charge in [-0.3, -0.25) is 4.79 Å². The van der Waals surface area contributed by atoms with Gasteiger partial charge in [0.25, 0.3) is 0 Å². The SMILES string of the molecule is N#CC1=CCS(=O)(=O)C1C(=O)c1ccccc1. The lowest BCUT2D eigenvalue weighted by atomic mass is 10.0. The Balaban J connectivity index is 2.44. The van der Waals surface area contributed by atoms with Crippen LogP contribution in [0.4, 0.5) is 0 Å². The smallest absolute Gasteiger partial charge is 0.186 e. The Labute approximate surface area is 99.1 Å². The van der Waals surface area contributed by atoms with E-state index in [9.17, 15) is 13.2 Å². The maximum atomic E-state index is 12.1. The van der Waals surface area contributed by atoms with Crippen LogP contribution < -0.4 is 0 Å². The van der Waals surface area contributed by atoms with E-state index in [0.717, 1.165) is 0 Å². The second-order valence-corrected chi connectivity index (χ2v) is 5.84. The molecule has 5 heteroatoms. The molecule has 0 bridgehead atoms. The predicted molar refractivity (Wildman–Crippen MR) is 62.0 cm³/mol. The van der Waals surface area contributed by atoms with Crippen LogP contribution in [-0.4, -0.2) is 25.2 Å². The van der Waals surface area contributed by atoms with Crippen molar-refractivity contribution in [2.75, 3.05) is 5.75 Å². The second-order valence-electron chi connectivity index (χ2n) is 3.71. The number of nitriles is 1. The van der Waals surface area contributed by atoms with Gasteiger partial charge >= 0.3 is 0 Å². The molecule has 0 aromatic heterocycles. The fourth-order valence-electron chi connectivity index (χ4n) is 1.77. The van der Waals surface area contributed by atoms with Crippen molar-refractivity contribution >= 4 is 15.6 Å². The molecule has 2 rings (SSSR count). The normalized spacial score (nSPS) is 21.6. The molecule has 0 saturated heterocycles. The zero-order valence-corrected chi connectivity index (χ0v) is 9.65. The molecule has 0 spiro atoms. The largest absolute Gasteiger partial charge is 0.292 e. The third-order valence-corrected chi connectivity index (χ3v) is 4.42. The van der Waals surface area contributed by atoms with Gasteiger partial charge in [0.15, 0.2) is 20.9 Å². The number of carbonyl (C=O) groups is 1. The first-order chi connectivity index (χ1) is 8.06. The summed E-state index contributed by atoms with van der Waals surface area (Å²) in [5.41, 5.74) is 0.336. The summed E-state index contributed by atoms with van der Waals surface area (Å²) in [4.78, 5) is 12.1. The number of Topliss-reactive ketones (excluding diaryl/α,β-unsaturated/α-hetero) is 1. The number of carbonyl (C=O) groups excluding carboxylic acids is 1. The number of hydrogen-bond acceptors (Lipinski definition) is 4. The van der Waals surface area contributed by atoms with Gasteiger partial charge in [0, 0.05) is 5.56 Å². The molecular formula is C12H9NO3S. The summed E-state index contributed by atoms with van der Waals surface area (Å²) in [7, 11) is -3.56. The molecule has 1 aliphatic heterocycles. The monoisotopic (exact) mass is 247 g/mol. The quantitative estimate of drug-likeness (QED) is 0.734. The van der Waals surface area contributed by atoms with Crippen LogP contribution >= 0.6 is 0 Å². The van der Waals surface area contributed by atoms with Crippen molar-refractivity contribution < 1.29 is 13.2 Å². The molecule has 1 atom stereocenters. The highest BCUT2D eigenvalue weighted by molar-refractivity contribution is 7.93. The molecule has 1 aromatic rings. The second kappa shape index (κ2) is 4.15. The molecule has 1 heterocycles. The van der Waals surface area contributed by atoms with Gasteiger partial charge in [0.2, 0.25) is 0 Å². The van der Waals surface area contributed by atoms with Gasteiger partial charge in [-0.1, -0.05) is 36.4 Å². The lowest BCUT2D eigenvalue weighted by Gasteiger charge is -2.09. The maximum absolute atomic E-state index is 12.1. The first kappa shape index (κ1) is 11.6. The molecular weight excluding hydrogens is 238 g/mol. The number of nitrogens with zero attached hydrogens (tertiary/aromatic N) is 1. The van der Waals surface area contributed by atoms with Crippen molar-refractivity contribution in [1.82, 2.24) is 0 Å². The standard InChI is InChI=1S/C12H9NO3S/c13-8-10-6-7-17(15,16)12(10)11(14)9-4-2-1-3-5-9/h1-6,12H,7H2. The van der Waals surface area contributed by atoms with E-state index < -0.39 is 20.9 Å². The first-order valence-electron chi connectivity index (χ1n) is 4.97. The lowest BCUT2D eigenvalue weighted by molar-refractivity contribution is 0.0997. The van der Waals surface area contributed by atoms with Crippen LogP contribution in [0, 0.1) is 11.3 Å². The van der Waals surface area contributed by atoms with Crippen LogP contribution in [0.2, 0.25) is 0 Å². The van der Waals surface area contributed by atoms with Crippen LogP contribution in [0.5, 0.6) is 0 Å². The van der Waals surface area contributed by atoms with E-state index >= 15 is 0 Å².